The van der Waals surface area contributed by atoms with Crippen LogP contribution in [0.5, 0.6) is 0 Å². The molecule has 31 heavy (non-hydrogen) atoms. The Morgan fingerprint density at radius 1 is 1.13 bits per heavy atom. The molecule has 0 bridgehead atoms. The number of anilines is 2. The fraction of sp³-hybridized carbons (Fsp3) is 0.261. The van der Waals surface area contributed by atoms with E-state index < -0.39 is 0 Å². The topological polar surface area (TPSA) is 84.1 Å². The molecule has 2 aromatic carbocycles. The third-order valence-electron chi connectivity index (χ3n) is 5.38. The number of hydrogen-bond donors (Lipinski definition) is 2. The van der Waals surface area contributed by atoms with Gasteiger partial charge in [0.15, 0.2) is 0 Å². The van der Waals surface area contributed by atoms with Gasteiger partial charge in [-0.05, 0) is 61.3 Å². The molecule has 2 heterocycles. The molecule has 160 valence electrons. The van der Waals surface area contributed by atoms with Crippen molar-refractivity contribution in [2.24, 2.45) is 0 Å². The molecule has 1 fully saturated rings. The van der Waals surface area contributed by atoms with Gasteiger partial charge in [0.1, 0.15) is 11.6 Å². The minimum atomic E-state index is -0.361. The molecule has 6 nitrogen and oxygen atoms in total. The number of nitrogens with one attached hydrogen (secondary N) is 1. The lowest BCUT2D eigenvalue weighted by Crippen LogP contribution is -2.40. The lowest BCUT2D eigenvalue weighted by Gasteiger charge is -2.35. The molecule has 1 aromatic heterocycles. The quantitative estimate of drug-likeness (QED) is 0.644. The predicted molar refractivity (Wildman–Crippen MR) is 115 cm³/mol. The SMILES string of the molecule is Nc1ncc(-c2cccc(F)c2)c(C2CCCCN2CC(=O)Nc2ccc(F)cc2)n1. The van der Waals surface area contributed by atoms with Gasteiger partial charge in [-0.15, -0.1) is 0 Å². The Kier molecular flexibility index (Phi) is 6.18. The van der Waals surface area contributed by atoms with E-state index in [0.29, 0.717) is 29.1 Å². The van der Waals surface area contributed by atoms with E-state index in [9.17, 15) is 13.6 Å². The maximum atomic E-state index is 13.8. The average molecular weight is 423 g/mol. The summed E-state index contributed by atoms with van der Waals surface area (Å²) in [7, 11) is 0. The van der Waals surface area contributed by atoms with Crippen LogP contribution in [0.2, 0.25) is 0 Å². The molecule has 1 aliphatic heterocycles. The van der Waals surface area contributed by atoms with Crippen LogP contribution in [0, 0.1) is 11.6 Å². The normalized spacial score (nSPS) is 16.8. The number of piperidine rings is 1. The summed E-state index contributed by atoms with van der Waals surface area (Å²) in [5, 5.41) is 2.80. The van der Waals surface area contributed by atoms with Crippen molar-refractivity contribution in [2.75, 3.05) is 24.1 Å². The Balaban J connectivity index is 1.59. The molecule has 8 heteroatoms. The molecule has 3 N–H and O–H groups in total. The van der Waals surface area contributed by atoms with Crippen molar-refractivity contribution in [3.05, 3.63) is 72.1 Å². The third-order valence-corrected chi connectivity index (χ3v) is 5.38. The van der Waals surface area contributed by atoms with Crippen LogP contribution in [-0.2, 0) is 4.79 Å². The van der Waals surface area contributed by atoms with Crippen LogP contribution in [0.15, 0.2) is 54.7 Å². The van der Waals surface area contributed by atoms with E-state index >= 15 is 0 Å². The molecule has 4 rings (SSSR count). The number of amides is 1. The molecule has 0 radical (unpaired) electrons. The first-order valence-electron chi connectivity index (χ1n) is 10.2. The van der Waals surface area contributed by atoms with E-state index in [0.717, 1.165) is 19.3 Å². The highest BCUT2D eigenvalue weighted by molar-refractivity contribution is 5.92. The highest BCUT2D eigenvalue weighted by Gasteiger charge is 2.29. The second-order valence-corrected chi connectivity index (χ2v) is 7.57. The van der Waals surface area contributed by atoms with Crippen molar-refractivity contribution in [2.45, 2.75) is 25.3 Å². The average Bonchev–Trinajstić information content (AvgIpc) is 2.76. The zero-order valence-corrected chi connectivity index (χ0v) is 16.9. The van der Waals surface area contributed by atoms with Crippen LogP contribution < -0.4 is 11.1 Å². The summed E-state index contributed by atoms with van der Waals surface area (Å²) < 4.78 is 26.9. The van der Waals surface area contributed by atoms with Gasteiger partial charge in [0.05, 0.1) is 18.3 Å². The van der Waals surface area contributed by atoms with Gasteiger partial charge in [-0.25, -0.2) is 18.7 Å². The third kappa shape index (κ3) is 5.03. The highest BCUT2D eigenvalue weighted by atomic mass is 19.1. The van der Waals surface area contributed by atoms with Crippen LogP contribution in [-0.4, -0.2) is 33.9 Å². The summed E-state index contributed by atoms with van der Waals surface area (Å²) in [4.78, 5) is 23.3. The van der Waals surface area contributed by atoms with Crippen molar-refractivity contribution < 1.29 is 13.6 Å². The zero-order valence-electron chi connectivity index (χ0n) is 16.9. The Hall–Kier alpha value is -3.39. The molecule has 0 aliphatic carbocycles. The first-order valence-corrected chi connectivity index (χ1v) is 10.2. The number of carbonyl (C=O) groups is 1. The van der Waals surface area contributed by atoms with Gasteiger partial charge < -0.3 is 11.1 Å². The van der Waals surface area contributed by atoms with Crippen molar-refractivity contribution in [1.29, 1.82) is 0 Å². The number of rotatable bonds is 5. The summed E-state index contributed by atoms with van der Waals surface area (Å²) in [6.07, 6.45) is 4.34. The van der Waals surface area contributed by atoms with Gasteiger partial charge in [-0.2, -0.15) is 0 Å². The summed E-state index contributed by atoms with van der Waals surface area (Å²) in [6, 6.07) is 11.7. The Morgan fingerprint density at radius 3 is 2.71 bits per heavy atom. The predicted octanol–water partition coefficient (Wildman–Crippen LogP) is 4.17. The van der Waals surface area contributed by atoms with Gasteiger partial charge in [0.2, 0.25) is 11.9 Å². The Bertz CT molecular complexity index is 1070. The van der Waals surface area contributed by atoms with E-state index in [1.165, 1.54) is 36.4 Å². The first-order chi connectivity index (χ1) is 15.0. The molecule has 3 aromatic rings. The molecule has 0 spiro atoms. The molecule has 1 atom stereocenters. The van der Waals surface area contributed by atoms with E-state index in [-0.39, 0.29) is 36.1 Å². The number of halogens is 2. The standard InChI is InChI=1S/C23H23F2N5O/c24-16-7-9-18(10-8-16)28-21(31)14-30-11-2-1-6-20(30)22-19(13-27-23(26)29-22)15-4-3-5-17(25)12-15/h3-5,7-10,12-13,20H,1-2,6,11,14H2,(H,28,31)(H2,26,27,29). The fourth-order valence-corrected chi connectivity index (χ4v) is 3.95. The minimum absolute atomic E-state index is 0.136. The highest BCUT2D eigenvalue weighted by Crippen LogP contribution is 2.36. The number of nitrogens with two attached hydrogens (primary N) is 1. The lowest BCUT2D eigenvalue weighted by molar-refractivity contribution is -0.118. The summed E-state index contributed by atoms with van der Waals surface area (Å²) in [5.41, 5.74) is 8.46. The number of carbonyl (C=O) groups excluding carboxylic acids is 1. The number of likely N-dealkylation sites (tertiary alicyclic amines) is 1. The molecular weight excluding hydrogens is 400 g/mol. The van der Waals surface area contributed by atoms with Gasteiger partial charge in [0.25, 0.3) is 0 Å². The molecule has 0 saturated carbocycles. The van der Waals surface area contributed by atoms with E-state index in [1.54, 1.807) is 18.3 Å². The van der Waals surface area contributed by atoms with Crippen LogP contribution in [0.3, 0.4) is 0 Å². The smallest absolute Gasteiger partial charge is 0.238 e. The van der Waals surface area contributed by atoms with Crippen molar-refractivity contribution >= 4 is 17.5 Å². The van der Waals surface area contributed by atoms with E-state index in [1.807, 2.05) is 4.90 Å². The second kappa shape index (κ2) is 9.18. The van der Waals surface area contributed by atoms with Crippen molar-refractivity contribution in [1.82, 2.24) is 14.9 Å². The van der Waals surface area contributed by atoms with E-state index in [2.05, 4.69) is 15.3 Å². The fourth-order valence-electron chi connectivity index (χ4n) is 3.95. The molecule has 1 saturated heterocycles. The number of benzene rings is 2. The van der Waals surface area contributed by atoms with Crippen molar-refractivity contribution in [3.63, 3.8) is 0 Å². The monoisotopic (exact) mass is 423 g/mol. The first kappa shape index (κ1) is 20.9. The lowest BCUT2D eigenvalue weighted by atomic mass is 9.93. The van der Waals surface area contributed by atoms with Gasteiger partial charge in [-0.1, -0.05) is 18.6 Å². The van der Waals surface area contributed by atoms with Crippen LogP contribution in [0.4, 0.5) is 20.4 Å². The van der Waals surface area contributed by atoms with Crippen molar-refractivity contribution in [3.8, 4) is 11.1 Å². The number of nitrogen functional groups attached to an aromatic ring is 1. The Labute approximate surface area is 179 Å². The summed E-state index contributed by atoms with van der Waals surface area (Å²) >= 11 is 0. The van der Waals surface area contributed by atoms with Gasteiger partial charge in [-0.3, -0.25) is 9.69 Å². The Morgan fingerprint density at radius 2 is 1.94 bits per heavy atom. The maximum Gasteiger partial charge on any atom is 0.238 e. The summed E-state index contributed by atoms with van der Waals surface area (Å²) in [6.45, 7) is 0.864. The number of hydrogen-bond acceptors (Lipinski definition) is 5. The number of nitrogens with zero attached hydrogens (tertiary/aromatic N) is 3. The molecule has 1 aliphatic rings. The molecule has 1 amide bonds. The largest absolute Gasteiger partial charge is 0.368 e. The second-order valence-electron chi connectivity index (χ2n) is 7.57. The van der Waals surface area contributed by atoms with Crippen LogP contribution in [0.25, 0.3) is 11.1 Å². The van der Waals surface area contributed by atoms with E-state index in [4.69, 9.17) is 5.73 Å². The summed E-state index contributed by atoms with van der Waals surface area (Å²) in [5.74, 6) is -0.774. The minimum Gasteiger partial charge on any atom is -0.368 e. The van der Waals surface area contributed by atoms with Gasteiger partial charge >= 0.3 is 0 Å². The van der Waals surface area contributed by atoms with Gasteiger partial charge in [0, 0.05) is 17.4 Å². The van der Waals surface area contributed by atoms with Crippen LogP contribution in [0.1, 0.15) is 31.0 Å². The maximum absolute atomic E-state index is 13.8. The van der Waals surface area contributed by atoms with Crippen LogP contribution >= 0.6 is 0 Å². The molecular formula is C23H23F2N5O. The molecule has 1 unspecified atom stereocenters. The zero-order chi connectivity index (χ0) is 21.8. The number of aromatic nitrogens is 2.